The van der Waals surface area contributed by atoms with Crippen LogP contribution in [0.1, 0.15) is 35.4 Å². The van der Waals surface area contributed by atoms with Gasteiger partial charge in [0, 0.05) is 6.54 Å². The van der Waals surface area contributed by atoms with Crippen LogP contribution in [-0.4, -0.2) is 0 Å². The molecule has 19 heavy (non-hydrogen) atoms. The Hall–Kier alpha value is -2.27. The molecule has 1 aliphatic carbocycles. The van der Waals surface area contributed by atoms with Crippen LogP contribution >= 0.6 is 0 Å². The van der Waals surface area contributed by atoms with Gasteiger partial charge in [-0.3, -0.25) is 0 Å². The van der Waals surface area contributed by atoms with Gasteiger partial charge in [-0.15, -0.1) is 0 Å². The molecular weight excluding hydrogens is 232 g/mol. The molecule has 0 atom stereocenters. The molecule has 0 aliphatic heterocycles. The average Bonchev–Trinajstić information content (AvgIpc) is 3.30. The van der Waals surface area contributed by atoms with Crippen molar-refractivity contribution in [1.29, 1.82) is 5.26 Å². The van der Waals surface area contributed by atoms with E-state index in [2.05, 4.69) is 35.7 Å². The molecular formula is C17H16N2. The highest BCUT2D eigenvalue weighted by Crippen LogP contribution is 2.40. The number of rotatable bonds is 4. The Labute approximate surface area is 113 Å². The Balaban J connectivity index is 1.72. The minimum Gasteiger partial charge on any atom is -0.380 e. The number of hydrogen-bond donors (Lipinski definition) is 1. The largest absolute Gasteiger partial charge is 0.380 e. The molecule has 0 amide bonds. The SMILES string of the molecule is N#Cc1ccccc1NCc1cccc(C2CC2)c1. The van der Waals surface area contributed by atoms with E-state index in [-0.39, 0.29) is 0 Å². The summed E-state index contributed by atoms with van der Waals surface area (Å²) in [6.45, 7) is 0.763. The Morgan fingerprint density at radius 3 is 2.74 bits per heavy atom. The van der Waals surface area contributed by atoms with E-state index in [9.17, 15) is 0 Å². The van der Waals surface area contributed by atoms with Crippen LogP contribution < -0.4 is 5.32 Å². The van der Waals surface area contributed by atoms with Crippen molar-refractivity contribution in [2.24, 2.45) is 0 Å². The maximum Gasteiger partial charge on any atom is 0.101 e. The van der Waals surface area contributed by atoms with Crippen molar-refractivity contribution >= 4 is 5.69 Å². The van der Waals surface area contributed by atoms with Crippen molar-refractivity contribution in [1.82, 2.24) is 0 Å². The van der Waals surface area contributed by atoms with Crippen LogP contribution in [0.25, 0.3) is 0 Å². The second kappa shape index (κ2) is 5.16. The third-order valence-electron chi connectivity index (χ3n) is 3.53. The smallest absolute Gasteiger partial charge is 0.101 e. The zero-order chi connectivity index (χ0) is 13.1. The third-order valence-corrected chi connectivity index (χ3v) is 3.53. The lowest BCUT2D eigenvalue weighted by atomic mass is 10.1. The highest BCUT2D eigenvalue weighted by atomic mass is 14.9. The molecule has 0 radical (unpaired) electrons. The maximum atomic E-state index is 9.05. The molecule has 0 aromatic heterocycles. The molecule has 1 fully saturated rings. The van der Waals surface area contributed by atoms with E-state index >= 15 is 0 Å². The monoisotopic (exact) mass is 248 g/mol. The number of anilines is 1. The van der Waals surface area contributed by atoms with Crippen molar-refractivity contribution in [2.75, 3.05) is 5.32 Å². The summed E-state index contributed by atoms with van der Waals surface area (Å²) < 4.78 is 0. The first kappa shape index (κ1) is 11.8. The number of hydrogen-bond acceptors (Lipinski definition) is 2. The van der Waals surface area contributed by atoms with Crippen molar-refractivity contribution in [2.45, 2.75) is 25.3 Å². The second-order valence-corrected chi connectivity index (χ2v) is 5.03. The van der Waals surface area contributed by atoms with E-state index in [4.69, 9.17) is 5.26 Å². The topological polar surface area (TPSA) is 35.8 Å². The minimum atomic E-state index is 0.695. The molecule has 2 nitrogen and oxygen atoms in total. The summed E-state index contributed by atoms with van der Waals surface area (Å²) in [6, 6.07) is 18.6. The van der Waals surface area contributed by atoms with Gasteiger partial charge in [-0.05, 0) is 42.0 Å². The normalized spacial score (nSPS) is 13.8. The van der Waals surface area contributed by atoms with Crippen molar-refractivity contribution in [3.63, 3.8) is 0 Å². The van der Waals surface area contributed by atoms with Gasteiger partial charge < -0.3 is 5.32 Å². The van der Waals surface area contributed by atoms with Crippen LogP contribution in [0.3, 0.4) is 0 Å². The first-order valence-electron chi connectivity index (χ1n) is 6.68. The van der Waals surface area contributed by atoms with Gasteiger partial charge in [-0.25, -0.2) is 0 Å². The fourth-order valence-electron chi connectivity index (χ4n) is 2.31. The molecule has 2 heteroatoms. The van der Waals surface area contributed by atoms with Crippen LogP contribution in [0.15, 0.2) is 48.5 Å². The van der Waals surface area contributed by atoms with E-state index < -0.39 is 0 Å². The van der Waals surface area contributed by atoms with E-state index in [1.54, 1.807) is 0 Å². The quantitative estimate of drug-likeness (QED) is 0.886. The molecule has 0 heterocycles. The second-order valence-electron chi connectivity index (χ2n) is 5.03. The van der Waals surface area contributed by atoms with E-state index in [1.165, 1.54) is 24.0 Å². The maximum absolute atomic E-state index is 9.05. The Bertz CT molecular complexity index is 621. The molecule has 94 valence electrons. The summed E-state index contributed by atoms with van der Waals surface area (Å²) in [5, 5.41) is 12.4. The highest BCUT2D eigenvalue weighted by molar-refractivity contribution is 5.57. The van der Waals surface area contributed by atoms with E-state index in [0.717, 1.165) is 18.2 Å². The molecule has 0 unspecified atom stereocenters. The summed E-state index contributed by atoms with van der Waals surface area (Å²) in [5.74, 6) is 0.784. The molecule has 0 bridgehead atoms. The summed E-state index contributed by atoms with van der Waals surface area (Å²) >= 11 is 0. The zero-order valence-corrected chi connectivity index (χ0v) is 10.8. The molecule has 0 saturated heterocycles. The lowest BCUT2D eigenvalue weighted by Crippen LogP contribution is -2.01. The zero-order valence-electron chi connectivity index (χ0n) is 10.8. The summed E-state index contributed by atoms with van der Waals surface area (Å²) in [5.41, 5.74) is 4.33. The Kier molecular flexibility index (Phi) is 3.20. The Morgan fingerprint density at radius 1 is 1.11 bits per heavy atom. The predicted octanol–water partition coefficient (Wildman–Crippen LogP) is 4.05. The summed E-state index contributed by atoms with van der Waals surface area (Å²) in [6.07, 6.45) is 2.66. The molecule has 3 rings (SSSR count). The lowest BCUT2D eigenvalue weighted by Gasteiger charge is -2.09. The third kappa shape index (κ3) is 2.77. The number of nitriles is 1. The predicted molar refractivity (Wildman–Crippen MR) is 76.9 cm³/mol. The first-order valence-corrected chi connectivity index (χ1v) is 6.68. The van der Waals surface area contributed by atoms with Gasteiger partial charge in [-0.1, -0.05) is 36.4 Å². The van der Waals surface area contributed by atoms with Crippen LogP contribution in [-0.2, 0) is 6.54 Å². The van der Waals surface area contributed by atoms with Gasteiger partial charge in [0.15, 0.2) is 0 Å². The molecule has 1 N–H and O–H groups in total. The fourth-order valence-corrected chi connectivity index (χ4v) is 2.31. The van der Waals surface area contributed by atoms with Gasteiger partial charge in [-0.2, -0.15) is 5.26 Å². The van der Waals surface area contributed by atoms with Gasteiger partial charge in [0.2, 0.25) is 0 Å². The van der Waals surface area contributed by atoms with Crippen molar-refractivity contribution in [3.8, 4) is 6.07 Å². The first-order chi connectivity index (χ1) is 9.36. The fraction of sp³-hybridized carbons (Fsp3) is 0.235. The standard InChI is InChI=1S/C17H16N2/c18-11-16-5-1-2-7-17(16)19-12-13-4-3-6-15(10-13)14-8-9-14/h1-7,10,14,19H,8-9,12H2. The molecule has 1 saturated carbocycles. The van der Waals surface area contributed by atoms with Crippen LogP contribution in [0.5, 0.6) is 0 Å². The number of nitrogens with one attached hydrogen (secondary N) is 1. The molecule has 0 spiro atoms. The van der Waals surface area contributed by atoms with Crippen LogP contribution in [0.2, 0.25) is 0 Å². The van der Waals surface area contributed by atoms with Gasteiger partial charge in [0.1, 0.15) is 6.07 Å². The van der Waals surface area contributed by atoms with Gasteiger partial charge >= 0.3 is 0 Å². The van der Waals surface area contributed by atoms with Crippen molar-refractivity contribution < 1.29 is 0 Å². The minimum absolute atomic E-state index is 0.695. The number of nitrogens with zero attached hydrogens (tertiary/aromatic N) is 1. The highest BCUT2D eigenvalue weighted by Gasteiger charge is 2.23. The van der Waals surface area contributed by atoms with Crippen LogP contribution in [0, 0.1) is 11.3 Å². The number of benzene rings is 2. The lowest BCUT2D eigenvalue weighted by molar-refractivity contribution is 1.08. The molecule has 1 aliphatic rings. The van der Waals surface area contributed by atoms with Crippen LogP contribution in [0.4, 0.5) is 5.69 Å². The summed E-state index contributed by atoms with van der Waals surface area (Å²) in [7, 11) is 0. The van der Waals surface area contributed by atoms with E-state index in [0.29, 0.717) is 5.56 Å². The molecule has 2 aromatic carbocycles. The Morgan fingerprint density at radius 2 is 1.95 bits per heavy atom. The summed E-state index contributed by atoms with van der Waals surface area (Å²) in [4.78, 5) is 0. The van der Waals surface area contributed by atoms with Gasteiger partial charge in [0.25, 0.3) is 0 Å². The van der Waals surface area contributed by atoms with Crippen molar-refractivity contribution in [3.05, 3.63) is 65.2 Å². The molecule has 2 aromatic rings. The average molecular weight is 248 g/mol. The van der Waals surface area contributed by atoms with Gasteiger partial charge in [0.05, 0.1) is 11.3 Å². The van der Waals surface area contributed by atoms with E-state index in [1.807, 2.05) is 24.3 Å². The number of para-hydroxylation sites is 1.